The van der Waals surface area contributed by atoms with Crippen molar-refractivity contribution in [2.45, 2.75) is 25.2 Å². The Morgan fingerprint density at radius 1 is 1.19 bits per heavy atom. The summed E-state index contributed by atoms with van der Waals surface area (Å²) in [4.78, 5) is 1.97. The first-order chi connectivity index (χ1) is 7.58. The number of hydrogen-bond donors (Lipinski definition) is 3. The fourth-order valence-corrected chi connectivity index (χ4v) is 1.97. The molecular formula is C12H18N2O2. The number of aliphatic hydroxyl groups excluding tert-OH is 2. The second-order valence-electron chi connectivity index (χ2n) is 4.42. The summed E-state index contributed by atoms with van der Waals surface area (Å²) in [7, 11) is 0. The molecule has 16 heavy (non-hydrogen) atoms. The molecule has 1 heterocycles. The Morgan fingerprint density at radius 3 is 2.12 bits per heavy atom. The van der Waals surface area contributed by atoms with Gasteiger partial charge in [-0.05, 0) is 24.6 Å². The SMILES string of the molecule is C[C@H](N)c1ccc(N2CC(O)C(O)C2)cc1. The van der Waals surface area contributed by atoms with Crippen LogP contribution in [-0.2, 0) is 0 Å². The van der Waals surface area contributed by atoms with Crippen LogP contribution in [0.3, 0.4) is 0 Å². The number of hydrogen-bond acceptors (Lipinski definition) is 4. The number of rotatable bonds is 2. The first-order valence-electron chi connectivity index (χ1n) is 5.54. The molecule has 2 unspecified atom stereocenters. The van der Waals surface area contributed by atoms with Crippen molar-refractivity contribution in [2.75, 3.05) is 18.0 Å². The van der Waals surface area contributed by atoms with Crippen molar-refractivity contribution >= 4 is 5.69 Å². The van der Waals surface area contributed by atoms with E-state index in [1.807, 2.05) is 36.1 Å². The molecule has 3 atom stereocenters. The zero-order chi connectivity index (χ0) is 11.7. The highest BCUT2D eigenvalue weighted by atomic mass is 16.3. The van der Waals surface area contributed by atoms with Crippen molar-refractivity contribution in [3.8, 4) is 0 Å². The van der Waals surface area contributed by atoms with Crippen molar-refractivity contribution in [1.29, 1.82) is 0 Å². The van der Waals surface area contributed by atoms with Gasteiger partial charge in [0.15, 0.2) is 0 Å². The molecule has 1 fully saturated rings. The third-order valence-corrected chi connectivity index (χ3v) is 3.04. The summed E-state index contributed by atoms with van der Waals surface area (Å²) in [6.07, 6.45) is -1.29. The summed E-state index contributed by atoms with van der Waals surface area (Å²) in [6.45, 7) is 2.91. The van der Waals surface area contributed by atoms with Gasteiger partial charge in [0, 0.05) is 24.8 Å². The molecule has 1 saturated heterocycles. The van der Waals surface area contributed by atoms with Crippen LogP contribution >= 0.6 is 0 Å². The Bertz CT molecular complexity index is 341. The molecule has 1 aromatic carbocycles. The first kappa shape index (κ1) is 11.4. The van der Waals surface area contributed by atoms with Gasteiger partial charge in [0.25, 0.3) is 0 Å². The predicted octanol–water partition coefficient (Wildman–Crippen LogP) is 0.248. The van der Waals surface area contributed by atoms with Crippen LogP contribution in [0.25, 0.3) is 0 Å². The van der Waals surface area contributed by atoms with Crippen LogP contribution in [0.2, 0.25) is 0 Å². The average Bonchev–Trinajstić information content (AvgIpc) is 2.59. The highest BCUT2D eigenvalue weighted by molar-refractivity contribution is 5.49. The topological polar surface area (TPSA) is 69.7 Å². The van der Waals surface area contributed by atoms with E-state index in [-0.39, 0.29) is 6.04 Å². The molecule has 4 N–H and O–H groups in total. The number of anilines is 1. The molecule has 1 aliphatic heterocycles. The molecule has 1 aromatic rings. The van der Waals surface area contributed by atoms with Crippen molar-refractivity contribution < 1.29 is 10.2 Å². The normalized spacial score (nSPS) is 27.1. The lowest BCUT2D eigenvalue weighted by Gasteiger charge is -2.18. The van der Waals surface area contributed by atoms with E-state index in [0.717, 1.165) is 11.3 Å². The first-order valence-corrected chi connectivity index (χ1v) is 5.54. The van der Waals surface area contributed by atoms with E-state index < -0.39 is 12.2 Å². The minimum absolute atomic E-state index is 0.0313. The number of aliphatic hydroxyl groups is 2. The smallest absolute Gasteiger partial charge is 0.0990 e. The van der Waals surface area contributed by atoms with Gasteiger partial charge in [0.05, 0.1) is 12.2 Å². The van der Waals surface area contributed by atoms with Crippen LogP contribution in [0, 0.1) is 0 Å². The highest BCUT2D eigenvalue weighted by Gasteiger charge is 2.29. The van der Waals surface area contributed by atoms with Gasteiger partial charge in [-0.25, -0.2) is 0 Å². The number of benzene rings is 1. The third kappa shape index (κ3) is 2.19. The van der Waals surface area contributed by atoms with Gasteiger partial charge < -0.3 is 20.8 Å². The van der Waals surface area contributed by atoms with Crippen molar-refractivity contribution in [3.05, 3.63) is 29.8 Å². The Morgan fingerprint density at radius 2 is 1.69 bits per heavy atom. The second kappa shape index (κ2) is 4.41. The van der Waals surface area contributed by atoms with Crippen LogP contribution in [-0.4, -0.2) is 35.5 Å². The minimum Gasteiger partial charge on any atom is -0.389 e. The van der Waals surface area contributed by atoms with Gasteiger partial charge >= 0.3 is 0 Å². The van der Waals surface area contributed by atoms with E-state index in [4.69, 9.17) is 5.73 Å². The molecule has 4 heteroatoms. The molecule has 2 rings (SSSR count). The maximum absolute atomic E-state index is 9.46. The van der Waals surface area contributed by atoms with Gasteiger partial charge in [0.2, 0.25) is 0 Å². The molecule has 1 aliphatic rings. The van der Waals surface area contributed by atoms with E-state index in [2.05, 4.69) is 0 Å². The number of nitrogens with two attached hydrogens (primary N) is 1. The van der Waals surface area contributed by atoms with E-state index >= 15 is 0 Å². The molecule has 0 aromatic heterocycles. The van der Waals surface area contributed by atoms with E-state index in [1.165, 1.54) is 0 Å². The largest absolute Gasteiger partial charge is 0.389 e. The molecular weight excluding hydrogens is 204 g/mol. The van der Waals surface area contributed by atoms with Crippen molar-refractivity contribution in [3.63, 3.8) is 0 Å². The van der Waals surface area contributed by atoms with Crippen molar-refractivity contribution in [2.24, 2.45) is 5.73 Å². The molecule has 0 spiro atoms. The Labute approximate surface area is 95.3 Å². The molecule has 88 valence electrons. The van der Waals surface area contributed by atoms with Gasteiger partial charge in [-0.2, -0.15) is 0 Å². The van der Waals surface area contributed by atoms with Crippen LogP contribution in [0.15, 0.2) is 24.3 Å². The van der Waals surface area contributed by atoms with E-state index in [1.54, 1.807) is 0 Å². The van der Waals surface area contributed by atoms with Gasteiger partial charge in [-0.15, -0.1) is 0 Å². The number of β-amino-alcohol motifs (C(OH)–C–C–N with tert-alkyl or cyclic N) is 2. The minimum atomic E-state index is -0.645. The fraction of sp³-hybridized carbons (Fsp3) is 0.500. The summed E-state index contributed by atoms with van der Waals surface area (Å²) in [5, 5.41) is 18.9. The van der Waals surface area contributed by atoms with Crippen LogP contribution in [0.5, 0.6) is 0 Å². The Kier molecular flexibility index (Phi) is 3.14. The molecule has 4 nitrogen and oxygen atoms in total. The summed E-state index contributed by atoms with van der Waals surface area (Å²) < 4.78 is 0. The zero-order valence-corrected chi connectivity index (χ0v) is 9.37. The lowest BCUT2D eigenvalue weighted by Crippen LogP contribution is -2.22. The molecule has 0 radical (unpaired) electrons. The van der Waals surface area contributed by atoms with E-state index in [9.17, 15) is 10.2 Å². The van der Waals surface area contributed by atoms with Crippen LogP contribution in [0.4, 0.5) is 5.69 Å². The summed E-state index contributed by atoms with van der Waals surface area (Å²) >= 11 is 0. The van der Waals surface area contributed by atoms with Gasteiger partial charge in [-0.1, -0.05) is 12.1 Å². The summed E-state index contributed by atoms with van der Waals surface area (Å²) in [5.41, 5.74) is 7.87. The third-order valence-electron chi connectivity index (χ3n) is 3.04. The van der Waals surface area contributed by atoms with E-state index in [0.29, 0.717) is 13.1 Å². The average molecular weight is 222 g/mol. The second-order valence-corrected chi connectivity index (χ2v) is 4.42. The highest BCUT2D eigenvalue weighted by Crippen LogP contribution is 2.22. The predicted molar refractivity (Wildman–Crippen MR) is 63.3 cm³/mol. The molecule has 0 saturated carbocycles. The molecule has 0 bridgehead atoms. The van der Waals surface area contributed by atoms with Crippen LogP contribution in [0.1, 0.15) is 18.5 Å². The number of nitrogens with zero attached hydrogens (tertiary/aromatic N) is 1. The lowest BCUT2D eigenvalue weighted by molar-refractivity contribution is 0.0572. The zero-order valence-electron chi connectivity index (χ0n) is 9.37. The standard InChI is InChI=1S/C12H18N2O2/c1-8(13)9-2-4-10(5-3-9)14-6-11(15)12(16)7-14/h2-5,8,11-12,15-16H,6-7,13H2,1H3/t8-,11?,12?/m0/s1. The lowest BCUT2D eigenvalue weighted by atomic mass is 10.1. The molecule has 0 aliphatic carbocycles. The Hall–Kier alpha value is -1.10. The molecule has 0 amide bonds. The summed E-state index contributed by atoms with van der Waals surface area (Å²) in [6, 6.07) is 7.95. The monoisotopic (exact) mass is 222 g/mol. The maximum atomic E-state index is 9.46. The van der Waals surface area contributed by atoms with Gasteiger partial charge in [0.1, 0.15) is 0 Å². The quantitative estimate of drug-likeness (QED) is 0.671. The fourth-order valence-electron chi connectivity index (χ4n) is 1.97. The van der Waals surface area contributed by atoms with Crippen molar-refractivity contribution in [1.82, 2.24) is 0 Å². The Balaban J connectivity index is 2.11. The maximum Gasteiger partial charge on any atom is 0.0990 e. The van der Waals surface area contributed by atoms with Crippen LogP contribution < -0.4 is 10.6 Å². The van der Waals surface area contributed by atoms with Gasteiger partial charge in [-0.3, -0.25) is 0 Å². The summed E-state index contributed by atoms with van der Waals surface area (Å²) in [5.74, 6) is 0.